The van der Waals surface area contributed by atoms with Gasteiger partial charge < -0.3 is 14.8 Å². The third-order valence-electron chi connectivity index (χ3n) is 5.28. The molecular formula is C25H24BrCl2N5O2S. The van der Waals surface area contributed by atoms with Gasteiger partial charge >= 0.3 is 0 Å². The van der Waals surface area contributed by atoms with Gasteiger partial charge in [0.2, 0.25) is 5.16 Å². The molecule has 0 saturated heterocycles. The Kier molecular flexibility index (Phi) is 9.89. The van der Waals surface area contributed by atoms with Crippen LogP contribution in [-0.4, -0.2) is 39.6 Å². The van der Waals surface area contributed by atoms with Crippen LogP contribution in [-0.2, 0) is 13.2 Å². The summed E-state index contributed by atoms with van der Waals surface area (Å²) in [6.45, 7) is 1.63. The standard InChI is InChI=1S/C25H24BrCl2N5O2S/c1-34-23-12-11-20(26)18(24(23)35-16-19-21(27)9-5-10-22(19)28)15-29-13-6-14-36-25-30-31-32-33(25)17-7-3-2-4-8-17/h2-5,7-12,29H,6,13-16H2,1H3. The Labute approximate surface area is 232 Å². The van der Waals surface area contributed by atoms with E-state index in [4.69, 9.17) is 32.7 Å². The van der Waals surface area contributed by atoms with E-state index in [-0.39, 0.29) is 6.61 Å². The molecule has 0 bridgehead atoms. The summed E-state index contributed by atoms with van der Waals surface area (Å²) in [4.78, 5) is 0. The van der Waals surface area contributed by atoms with Gasteiger partial charge in [-0.1, -0.05) is 75.2 Å². The monoisotopic (exact) mass is 607 g/mol. The van der Waals surface area contributed by atoms with Crippen LogP contribution >= 0.6 is 50.9 Å². The van der Waals surface area contributed by atoms with Gasteiger partial charge in [-0.3, -0.25) is 0 Å². The minimum atomic E-state index is 0.227. The van der Waals surface area contributed by atoms with E-state index in [0.29, 0.717) is 28.1 Å². The zero-order valence-corrected chi connectivity index (χ0v) is 23.4. The van der Waals surface area contributed by atoms with Gasteiger partial charge in [0.1, 0.15) is 6.61 Å². The van der Waals surface area contributed by atoms with Crippen LogP contribution in [0.2, 0.25) is 10.0 Å². The fourth-order valence-electron chi connectivity index (χ4n) is 3.45. The predicted molar refractivity (Wildman–Crippen MR) is 148 cm³/mol. The fraction of sp³-hybridized carbons (Fsp3) is 0.240. The lowest BCUT2D eigenvalue weighted by Crippen LogP contribution is -2.17. The molecule has 0 atom stereocenters. The maximum atomic E-state index is 6.32. The summed E-state index contributed by atoms with van der Waals surface area (Å²) < 4.78 is 14.4. The molecule has 1 N–H and O–H groups in total. The lowest BCUT2D eigenvalue weighted by atomic mass is 10.1. The summed E-state index contributed by atoms with van der Waals surface area (Å²) >= 11 is 17.9. The van der Waals surface area contributed by atoms with E-state index in [1.54, 1.807) is 35.7 Å². The average Bonchev–Trinajstić information content (AvgIpc) is 3.36. The first-order valence-corrected chi connectivity index (χ1v) is 13.7. The molecule has 1 aromatic heterocycles. The molecule has 4 aromatic rings. The maximum absolute atomic E-state index is 6.32. The molecule has 0 aliphatic rings. The lowest BCUT2D eigenvalue weighted by molar-refractivity contribution is 0.280. The Balaban J connectivity index is 1.33. The number of halogens is 3. The molecule has 0 unspecified atom stereocenters. The molecule has 3 aromatic carbocycles. The van der Waals surface area contributed by atoms with E-state index in [1.165, 1.54) is 0 Å². The third kappa shape index (κ3) is 6.72. The van der Waals surface area contributed by atoms with E-state index in [0.717, 1.165) is 45.2 Å². The molecule has 4 rings (SSSR count). The van der Waals surface area contributed by atoms with Gasteiger partial charge in [-0.2, -0.15) is 4.68 Å². The van der Waals surface area contributed by atoms with Crippen molar-refractivity contribution in [2.24, 2.45) is 0 Å². The third-order valence-corrected chi connectivity index (χ3v) is 7.74. The first-order valence-electron chi connectivity index (χ1n) is 11.2. The molecule has 11 heteroatoms. The van der Waals surface area contributed by atoms with Crippen LogP contribution in [0.4, 0.5) is 0 Å². The largest absolute Gasteiger partial charge is 0.493 e. The Morgan fingerprint density at radius 2 is 1.78 bits per heavy atom. The number of thioether (sulfide) groups is 1. The smallest absolute Gasteiger partial charge is 0.214 e. The van der Waals surface area contributed by atoms with Crippen LogP contribution < -0.4 is 14.8 Å². The Morgan fingerprint density at radius 1 is 1.00 bits per heavy atom. The Morgan fingerprint density at radius 3 is 2.53 bits per heavy atom. The summed E-state index contributed by atoms with van der Waals surface area (Å²) in [7, 11) is 1.62. The van der Waals surface area contributed by atoms with Gasteiger partial charge in [-0.15, -0.1) is 5.10 Å². The van der Waals surface area contributed by atoms with Gasteiger partial charge in [0.05, 0.1) is 12.8 Å². The maximum Gasteiger partial charge on any atom is 0.214 e. The highest BCUT2D eigenvalue weighted by atomic mass is 79.9. The summed E-state index contributed by atoms with van der Waals surface area (Å²) in [5.74, 6) is 2.15. The van der Waals surface area contributed by atoms with Gasteiger partial charge in [0.15, 0.2) is 11.5 Å². The number of hydrogen-bond acceptors (Lipinski definition) is 7. The van der Waals surface area contributed by atoms with Crippen molar-refractivity contribution in [3.63, 3.8) is 0 Å². The van der Waals surface area contributed by atoms with Crippen LogP contribution in [0.5, 0.6) is 11.5 Å². The predicted octanol–water partition coefficient (Wildman–Crippen LogP) is 6.59. The van der Waals surface area contributed by atoms with E-state index < -0.39 is 0 Å². The van der Waals surface area contributed by atoms with Crippen LogP contribution in [0.3, 0.4) is 0 Å². The van der Waals surface area contributed by atoms with Crippen molar-refractivity contribution in [1.82, 2.24) is 25.5 Å². The lowest BCUT2D eigenvalue weighted by Gasteiger charge is -2.18. The number of nitrogens with one attached hydrogen (secondary N) is 1. The molecule has 0 aliphatic heterocycles. The molecule has 188 valence electrons. The van der Waals surface area contributed by atoms with E-state index in [9.17, 15) is 0 Å². The molecule has 0 fully saturated rings. The van der Waals surface area contributed by atoms with Crippen molar-refractivity contribution in [2.45, 2.75) is 24.7 Å². The number of benzene rings is 3. The van der Waals surface area contributed by atoms with Gasteiger partial charge in [-0.05, 0) is 59.8 Å². The number of ether oxygens (including phenoxy) is 2. The molecule has 0 aliphatic carbocycles. The number of methoxy groups -OCH3 is 1. The van der Waals surface area contributed by atoms with Gasteiger partial charge in [0, 0.05) is 37.9 Å². The topological polar surface area (TPSA) is 74.1 Å². The molecule has 0 radical (unpaired) electrons. The number of hydrogen-bond donors (Lipinski definition) is 1. The average molecular weight is 609 g/mol. The number of nitrogens with zero attached hydrogens (tertiary/aromatic N) is 4. The summed E-state index contributed by atoms with van der Waals surface area (Å²) in [6, 6.07) is 19.1. The summed E-state index contributed by atoms with van der Waals surface area (Å²) in [6.07, 6.45) is 0.930. The van der Waals surface area contributed by atoms with Crippen molar-refractivity contribution < 1.29 is 9.47 Å². The molecule has 36 heavy (non-hydrogen) atoms. The second kappa shape index (κ2) is 13.3. The summed E-state index contributed by atoms with van der Waals surface area (Å²) in [5, 5.41) is 17.4. The second-order valence-electron chi connectivity index (χ2n) is 7.63. The van der Waals surface area contributed by atoms with Crippen LogP contribution in [0.15, 0.2) is 70.3 Å². The van der Waals surface area contributed by atoms with Crippen molar-refractivity contribution in [3.8, 4) is 17.2 Å². The molecular weight excluding hydrogens is 585 g/mol. The van der Waals surface area contributed by atoms with Gasteiger partial charge in [0.25, 0.3) is 0 Å². The Bertz CT molecular complexity index is 1270. The number of para-hydroxylation sites is 1. The molecule has 1 heterocycles. The zero-order chi connectivity index (χ0) is 25.3. The number of aromatic nitrogens is 4. The molecule has 0 amide bonds. The minimum Gasteiger partial charge on any atom is -0.493 e. The van der Waals surface area contributed by atoms with Crippen LogP contribution in [0.25, 0.3) is 5.69 Å². The van der Waals surface area contributed by atoms with Crippen LogP contribution in [0, 0.1) is 0 Å². The Hall–Kier alpha value is -2.30. The number of tetrazole rings is 1. The minimum absolute atomic E-state index is 0.227. The highest BCUT2D eigenvalue weighted by Crippen LogP contribution is 2.37. The molecule has 7 nitrogen and oxygen atoms in total. The normalized spacial score (nSPS) is 11.0. The zero-order valence-electron chi connectivity index (χ0n) is 19.5. The fourth-order valence-corrected chi connectivity index (χ4v) is 5.24. The molecule has 0 spiro atoms. The highest BCUT2D eigenvalue weighted by Gasteiger charge is 2.16. The van der Waals surface area contributed by atoms with Crippen LogP contribution in [0.1, 0.15) is 17.5 Å². The SMILES string of the molecule is COc1ccc(Br)c(CNCCCSc2nnnn2-c2ccccc2)c1OCc1c(Cl)cccc1Cl. The first-order chi connectivity index (χ1) is 17.6. The molecule has 0 saturated carbocycles. The van der Waals surface area contributed by atoms with E-state index >= 15 is 0 Å². The van der Waals surface area contributed by atoms with E-state index in [2.05, 4.69) is 36.8 Å². The van der Waals surface area contributed by atoms with Crippen molar-refractivity contribution >= 4 is 50.9 Å². The second-order valence-corrected chi connectivity index (χ2v) is 10.4. The van der Waals surface area contributed by atoms with Crippen molar-refractivity contribution in [3.05, 3.63) is 86.3 Å². The van der Waals surface area contributed by atoms with E-state index in [1.807, 2.05) is 48.5 Å². The number of rotatable bonds is 12. The highest BCUT2D eigenvalue weighted by molar-refractivity contribution is 9.10. The quantitative estimate of drug-likeness (QED) is 0.144. The summed E-state index contributed by atoms with van der Waals surface area (Å²) in [5.41, 5.74) is 2.63. The first kappa shape index (κ1) is 26.8. The van der Waals surface area contributed by atoms with Crippen molar-refractivity contribution in [1.29, 1.82) is 0 Å². The van der Waals surface area contributed by atoms with Gasteiger partial charge in [-0.25, -0.2) is 0 Å². The van der Waals surface area contributed by atoms with Crippen molar-refractivity contribution in [2.75, 3.05) is 19.4 Å².